The molecule has 3 rings (SSSR count). The Hall–Kier alpha value is -2.16. The number of halogens is 1. The summed E-state index contributed by atoms with van der Waals surface area (Å²) in [4.78, 5) is 5.60. The molecule has 1 unspecified atom stereocenters. The second-order valence-electron chi connectivity index (χ2n) is 4.28. The highest BCUT2D eigenvalue weighted by Gasteiger charge is 2.39. The molecule has 0 aromatic heterocycles. The number of hydrogen-bond acceptors (Lipinski definition) is 2. The fourth-order valence-electron chi connectivity index (χ4n) is 2.26. The van der Waals surface area contributed by atoms with Crippen molar-refractivity contribution in [1.82, 2.24) is 0 Å². The van der Waals surface area contributed by atoms with Gasteiger partial charge in [-0.15, -0.1) is 0 Å². The molecule has 3 heteroatoms. The van der Waals surface area contributed by atoms with Gasteiger partial charge in [0, 0.05) is 23.8 Å². The molecule has 0 saturated carbocycles. The molecule has 1 aliphatic heterocycles. The summed E-state index contributed by atoms with van der Waals surface area (Å²) in [7, 11) is 0. The van der Waals surface area contributed by atoms with Crippen LogP contribution >= 0.6 is 0 Å². The van der Waals surface area contributed by atoms with Crippen LogP contribution in [0.5, 0.6) is 0 Å². The average molecular weight is 241 g/mol. The quantitative estimate of drug-likeness (QED) is 0.788. The van der Waals surface area contributed by atoms with Crippen molar-refractivity contribution >= 4 is 6.21 Å². The van der Waals surface area contributed by atoms with E-state index in [4.69, 9.17) is 4.84 Å². The lowest BCUT2D eigenvalue weighted by Crippen LogP contribution is -2.26. The molecule has 0 bridgehead atoms. The molecule has 0 spiro atoms. The number of benzene rings is 2. The second-order valence-corrected chi connectivity index (χ2v) is 4.28. The number of nitrogens with zero attached hydrogens (tertiary/aromatic N) is 1. The van der Waals surface area contributed by atoms with E-state index in [1.165, 1.54) is 12.1 Å². The summed E-state index contributed by atoms with van der Waals surface area (Å²) < 4.78 is 13.0. The first-order valence-electron chi connectivity index (χ1n) is 5.83. The first-order chi connectivity index (χ1) is 8.81. The standard InChI is InChI=1S/C15H12FNO/c16-14-8-6-13(7-9-14)15(10-11-17-18-15)12-4-2-1-3-5-12/h1-9,11H,10H2. The van der Waals surface area contributed by atoms with Crippen LogP contribution in [0.1, 0.15) is 17.5 Å². The highest BCUT2D eigenvalue weighted by atomic mass is 19.1. The van der Waals surface area contributed by atoms with Gasteiger partial charge < -0.3 is 4.84 Å². The predicted molar refractivity (Wildman–Crippen MR) is 67.8 cm³/mol. The van der Waals surface area contributed by atoms with Gasteiger partial charge in [0.15, 0.2) is 5.60 Å². The lowest BCUT2D eigenvalue weighted by molar-refractivity contribution is 0.0112. The van der Waals surface area contributed by atoms with E-state index in [0.717, 1.165) is 11.1 Å². The van der Waals surface area contributed by atoms with Crippen molar-refractivity contribution in [3.05, 3.63) is 71.5 Å². The summed E-state index contributed by atoms with van der Waals surface area (Å²) in [6.45, 7) is 0. The van der Waals surface area contributed by atoms with Crippen molar-refractivity contribution in [3.8, 4) is 0 Å². The summed E-state index contributed by atoms with van der Waals surface area (Å²) in [6.07, 6.45) is 2.40. The van der Waals surface area contributed by atoms with Gasteiger partial charge >= 0.3 is 0 Å². The van der Waals surface area contributed by atoms with E-state index >= 15 is 0 Å². The summed E-state index contributed by atoms with van der Waals surface area (Å²) in [6, 6.07) is 16.3. The predicted octanol–water partition coefficient (Wildman–Crippen LogP) is 3.48. The SMILES string of the molecule is Fc1ccc(C2(c3ccccc3)CC=NO2)cc1. The van der Waals surface area contributed by atoms with E-state index in [2.05, 4.69) is 5.16 Å². The molecule has 1 heterocycles. The summed E-state index contributed by atoms with van der Waals surface area (Å²) in [5.41, 5.74) is 1.32. The molecule has 2 nitrogen and oxygen atoms in total. The Morgan fingerprint density at radius 2 is 1.61 bits per heavy atom. The molecule has 0 saturated heterocycles. The Kier molecular flexibility index (Phi) is 2.59. The van der Waals surface area contributed by atoms with Crippen LogP contribution in [0.4, 0.5) is 4.39 Å². The van der Waals surface area contributed by atoms with Crippen LogP contribution in [0, 0.1) is 5.82 Å². The third-order valence-electron chi connectivity index (χ3n) is 3.21. The third-order valence-corrected chi connectivity index (χ3v) is 3.21. The van der Waals surface area contributed by atoms with Crippen LogP contribution in [-0.4, -0.2) is 6.21 Å². The average Bonchev–Trinajstić information content (AvgIpc) is 2.91. The molecule has 2 aromatic carbocycles. The second kappa shape index (κ2) is 4.26. The zero-order valence-corrected chi connectivity index (χ0v) is 9.71. The number of hydrogen-bond donors (Lipinski definition) is 0. The maximum Gasteiger partial charge on any atom is 0.192 e. The van der Waals surface area contributed by atoms with Crippen LogP contribution in [-0.2, 0) is 10.4 Å². The smallest absolute Gasteiger partial charge is 0.192 e. The van der Waals surface area contributed by atoms with Crippen molar-refractivity contribution in [3.63, 3.8) is 0 Å². The van der Waals surface area contributed by atoms with Gasteiger partial charge in [-0.3, -0.25) is 0 Å². The number of oxime groups is 1. The molecule has 0 fully saturated rings. The maximum atomic E-state index is 13.0. The minimum atomic E-state index is -0.616. The zero-order chi connectivity index (χ0) is 12.4. The minimum Gasteiger partial charge on any atom is -0.379 e. The van der Waals surface area contributed by atoms with Crippen LogP contribution < -0.4 is 0 Å². The molecule has 1 atom stereocenters. The van der Waals surface area contributed by atoms with E-state index in [-0.39, 0.29) is 5.82 Å². The largest absolute Gasteiger partial charge is 0.379 e. The number of rotatable bonds is 2. The lowest BCUT2D eigenvalue weighted by Gasteiger charge is -2.27. The zero-order valence-electron chi connectivity index (χ0n) is 9.71. The van der Waals surface area contributed by atoms with Crippen molar-refractivity contribution in [1.29, 1.82) is 0 Å². The van der Waals surface area contributed by atoms with Crippen molar-refractivity contribution in [2.45, 2.75) is 12.0 Å². The van der Waals surface area contributed by atoms with Crippen LogP contribution in [0.15, 0.2) is 59.8 Å². The Morgan fingerprint density at radius 3 is 2.22 bits per heavy atom. The van der Waals surface area contributed by atoms with Crippen LogP contribution in [0.3, 0.4) is 0 Å². The first kappa shape index (κ1) is 11.0. The Labute approximate surface area is 105 Å². The fourth-order valence-corrected chi connectivity index (χ4v) is 2.26. The van der Waals surface area contributed by atoms with Gasteiger partial charge in [0.05, 0.1) is 0 Å². The van der Waals surface area contributed by atoms with Crippen LogP contribution in [0.25, 0.3) is 0 Å². The van der Waals surface area contributed by atoms with Gasteiger partial charge in [0.25, 0.3) is 0 Å². The van der Waals surface area contributed by atoms with E-state index in [0.29, 0.717) is 6.42 Å². The normalized spacial score (nSPS) is 21.8. The van der Waals surface area contributed by atoms with E-state index in [1.54, 1.807) is 18.3 Å². The molecule has 0 N–H and O–H groups in total. The van der Waals surface area contributed by atoms with E-state index in [9.17, 15) is 4.39 Å². The van der Waals surface area contributed by atoms with Crippen molar-refractivity contribution in [2.24, 2.45) is 5.16 Å². The summed E-state index contributed by atoms with van der Waals surface area (Å²) in [5.74, 6) is -0.249. The lowest BCUT2D eigenvalue weighted by atomic mass is 9.84. The monoisotopic (exact) mass is 241 g/mol. The molecule has 0 amide bonds. The van der Waals surface area contributed by atoms with Gasteiger partial charge in [-0.2, -0.15) is 0 Å². The van der Waals surface area contributed by atoms with Gasteiger partial charge in [0.2, 0.25) is 0 Å². The molecule has 0 aliphatic carbocycles. The molecule has 1 aliphatic rings. The van der Waals surface area contributed by atoms with Crippen molar-refractivity contribution in [2.75, 3.05) is 0 Å². The maximum absolute atomic E-state index is 13.0. The first-order valence-corrected chi connectivity index (χ1v) is 5.83. The Bertz CT molecular complexity index is 555. The van der Waals surface area contributed by atoms with Gasteiger partial charge in [-0.1, -0.05) is 47.6 Å². The van der Waals surface area contributed by atoms with Gasteiger partial charge in [-0.05, 0) is 12.1 Å². The van der Waals surface area contributed by atoms with Gasteiger partial charge in [-0.25, -0.2) is 4.39 Å². The summed E-state index contributed by atoms with van der Waals surface area (Å²) in [5, 5.41) is 3.89. The molecular formula is C15H12FNO. The molecular weight excluding hydrogens is 229 g/mol. The fraction of sp³-hybridized carbons (Fsp3) is 0.133. The highest BCUT2D eigenvalue weighted by molar-refractivity contribution is 5.63. The van der Waals surface area contributed by atoms with Crippen molar-refractivity contribution < 1.29 is 9.23 Å². The Balaban J connectivity index is 2.10. The van der Waals surface area contributed by atoms with E-state index < -0.39 is 5.60 Å². The third kappa shape index (κ3) is 1.68. The minimum absolute atomic E-state index is 0.249. The Morgan fingerprint density at radius 1 is 0.944 bits per heavy atom. The van der Waals surface area contributed by atoms with Crippen LogP contribution in [0.2, 0.25) is 0 Å². The van der Waals surface area contributed by atoms with E-state index in [1.807, 2.05) is 30.3 Å². The van der Waals surface area contributed by atoms with Gasteiger partial charge in [0.1, 0.15) is 5.82 Å². The summed E-state index contributed by atoms with van der Waals surface area (Å²) >= 11 is 0. The highest BCUT2D eigenvalue weighted by Crippen LogP contribution is 2.39. The molecule has 0 radical (unpaired) electrons. The molecule has 90 valence electrons. The molecule has 18 heavy (non-hydrogen) atoms. The topological polar surface area (TPSA) is 21.6 Å². The molecule has 2 aromatic rings.